The maximum absolute atomic E-state index is 12.5. The number of aromatic nitrogens is 3. The molecule has 0 bridgehead atoms. The summed E-state index contributed by atoms with van der Waals surface area (Å²) >= 11 is 0. The van der Waals surface area contributed by atoms with Gasteiger partial charge in [0, 0.05) is 33.2 Å². The molecular formula is C23H33N5O2. The standard InChI is InChI=1S/C23H33N5O2/c1-3-18-4-6-19(7-5-18)16-27-13-10-23(11-14-27)9-8-20-25-26-21(28(20)17-23)22(29)24-12-15-30-2/h4-7H,3,8-17H2,1-2H3,(H,24,29). The molecule has 0 aliphatic carbocycles. The van der Waals surface area contributed by atoms with Crippen LogP contribution in [-0.2, 0) is 30.7 Å². The maximum Gasteiger partial charge on any atom is 0.289 e. The molecule has 2 aliphatic rings. The van der Waals surface area contributed by atoms with Gasteiger partial charge in [0.15, 0.2) is 0 Å². The fourth-order valence-corrected chi connectivity index (χ4v) is 4.72. The lowest BCUT2D eigenvalue weighted by molar-refractivity contribution is 0.0617. The van der Waals surface area contributed by atoms with Gasteiger partial charge in [-0.2, -0.15) is 0 Å². The first-order valence-corrected chi connectivity index (χ1v) is 11.1. The van der Waals surface area contributed by atoms with E-state index in [9.17, 15) is 4.79 Å². The molecule has 30 heavy (non-hydrogen) atoms. The molecule has 2 aliphatic heterocycles. The topological polar surface area (TPSA) is 72.3 Å². The van der Waals surface area contributed by atoms with Crippen LogP contribution < -0.4 is 5.32 Å². The maximum atomic E-state index is 12.5. The van der Waals surface area contributed by atoms with Crippen molar-refractivity contribution in [3.05, 3.63) is 47.0 Å². The molecule has 4 rings (SSSR count). The number of nitrogens with one attached hydrogen (secondary N) is 1. The number of amides is 1. The first-order valence-electron chi connectivity index (χ1n) is 11.1. The van der Waals surface area contributed by atoms with Gasteiger partial charge in [0.1, 0.15) is 5.82 Å². The Hall–Kier alpha value is -2.25. The van der Waals surface area contributed by atoms with Crippen molar-refractivity contribution >= 4 is 5.91 Å². The highest BCUT2D eigenvalue weighted by Gasteiger charge is 2.39. The zero-order valence-corrected chi connectivity index (χ0v) is 18.2. The van der Waals surface area contributed by atoms with Gasteiger partial charge in [-0.25, -0.2) is 0 Å². The predicted octanol–water partition coefficient (Wildman–Crippen LogP) is 2.45. The number of hydrogen-bond acceptors (Lipinski definition) is 5. The van der Waals surface area contributed by atoms with E-state index < -0.39 is 0 Å². The molecule has 1 saturated heterocycles. The van der Waals surface area contributed by atoms with E-state index in [2.05, 4.69) is 56.2 Å². The Balaban J connectivity index is 1.36. The van der Waals surface area contributed by atoms with Crippen molar-refractivity contribution in [3.63, 3.8) is 0 Å². The lowest BCUT2D eigenvalue weighted by Crippen LogP contribution is -2.45. The third-order valence-electron chi connectivity index (χ3n) is 6.75. The average molecular weight is 412 g/mol. The van der Waals surface area contributed by atoms with Crippen LogP contribution in [0, 0.1) is 5.41 Å². The van der Waals surface area contributed by atoms with Crippen molar-refractivity contribution in [2.24, 2.45) is 5.41 Å². The molecule has 0 saturated carbocycles. The number of methoxy groups -OCH3 is 1. The van der Waals surface area contributed by atoms with Crippen LogP contribution in [0.2, 0.25) is 0 Å². The van der Waals surface area contributed by atoms with Crippen LogP contribution >= 0.6 is 0 Å². The molecule has 7 heteroatoms. The van der Waals surface area contributed by atoms with E-state index in [1.807, 2.05) is 0 Å². The highest BCUT2D eigenvalue weighted by molar-refractivity contribution is 5.90. The van der Waals surface area contributed by atoms with Crippen LogP contribution in [0.3, 0.4) is 0 Å². The van der Waals surface area contributed by atoms with E-state index in [4.69, 9.17) is 4.74 Å². The van der Waals surface area contributed by atoms with Gasteiger partial charge in [0.25, 0.3) is 5.91 Å². The average Bonchev–Trinajstić information content (AvgIpc) is 3.19. The quantitative estimate of drug-likeness (QED) is 0.709. The van der Waals surface area contributed by atoms with Crippen molar-refractivity contribution in [3.8, 4) is 0 Å². The molecule has 1 spiro atoms. The molecule has 0 unspecified atom stereocenters. The second kappa shape index (κ2) is 9.27. The van der Waals surface area contributed by atoms with Crippen LogP contribution in [0.5, 0.6) is 0 Å². The first-order chi connectivity index (χ1) is 14.6. The number of fused-ring (bicyclic) bond motifs is 1. The Labute approximate surface area is 178 Å². The summed E-state index contributed by atoms with van der Waals surface area (Å²) < 4.78 is 7.07. The molecule has 162 valence electrons. The number of likely N-dealkylation sites (tertiary alicyclic amines) is 1. The van der Waals surface area contributed by atoms with Gasteiger partial charge in [0.05, 0.1) is 6.61 Å². The lowest BCUT2D eigenvalue weighted by Gasteiger charge is -2.44. The van der Waals surface area contributed by atoms with Crippen LogP contribution in [0.25, 0.3) is 0 Å². The third kappa shape index (κ3) is 4.57. The Morgan fingerprint density at radius 1 is 1.13 bits per heavy atom. The molecule has 0 radical (unpaired) electrons. The summed E-state index contributed by atoms with van der Waals surface area (Å²) in [5.74, 6) is 1.23. The number of hydrogen-bond donors (Lipinski definition) is 1. The van der Waals surface area contributed by atoms with E-state index in [1.54, 1.807) is 7.11 Å². The number of carbonyl (C=O) groups is 1. The van der Waals surface area contributed by atoms with E-state index in [1.165, 1.54) is 11.1 Å². The summed E-state index contributed by atoms with van der Waals surface area (Å²) in [6.07, 6.45) is 5.43. The second-order valence-corrected chi connectivity index (χ2v) is 8.72. The van der Waals surface area contributed by atoms with Crippen LogP contribution in [-0.4, -0.2) is 58.9 Å². The van der Waals surface area contributed by atoms with Gasteiger partial charge >= 0.3 is 0 Å². The minimum atomic E-state index is -0.157. The predicted molar refractivity (Wildman–Crippen MR) is 115 cm³/mol. The zero-order chi connectivity index (χ0) is 21.0. The molecular weight excluding hydrogens is 378 g/mol. The van der Waals surface area contributed by atoms with Crippen molar-refractivity contribution < 1.29 is 9.53 Å². The molecule has 2 aromatic rings. The van der Waals surface area contributed by atoms with Crippen molar-refractivity contribution in [1.29, 1.82) is 0 Å². The van der Waals surface area contributed by atoms with Crippen LogP contribution in [0.1, 0.15) is 53.8 Å². The normalized spacial score (nSPS) is 18.3. The van der Waals surface area contributed by atoms with E-state index in [0.717, 1.165) is 64.1 Å². The number of nitrogens with zero attached hydrogens (tertiary/aromatic N) is 4. The zero-order valence-electron chi connectivity index (χ0n) is 18.2. The summed E-state index contributed by atoms with van der Waals surface area (Å²) in [5.41, 5.74) is 3.03. The number of aryl methyl sites for hydroxylation is 2. The van der Waals surface area contributed by atoms with Crippen LogP contribution in [0.4, 0.5) is 0 Å². The SMILES string of the molecule is CCc1ccc(CN2CCC3(CCc4nnc(C(=O)NCCOC)n4C3)CC2)cc1. The number of benzene rings is 1. The molecule has 7 nitrogen and oxygen atoms in total. The summed E-state index contributed by atoms with van der Waals surface area (Å²) in [5, 5.41) is 11.3. The molecule has 1 N–H and O–H groups in total. The Morgan fingerprint density at radius 2 is 1.87 bits per heavy atom. The second-order valence-electron chi connectivity index (χ2n) is 8.72. The number of ether oxygens (including phenoxy) is 1. The number of carbonyl (C=O) groups excluding carboxylic acids is 1. The molecule has 1 fully saturated rings. The van der Waals surface area contributed by atoms with E-state index in [0.29, 0.717) is 19.0 Å². The monoisotopic (exact) mass is 411 g/mol. The minimum absolute atomic E-state index is 0.157. The van der Waals surface area contributed by atoms with Gasteiger partial charge in [-0.05, 0) is 55.3 Å². The van der Waals surface area contributed by atoms with Gasteiger partial charge in [-0.1, -0.05) is 31.2 Å². The third-order valence-corrected chi connectivity index (χ3v) is 6.75. The number of rotatable bonds is 7. The fourth-order valence-electron chi connectivity index (χ4n) is 4.72. The van der Waals surface area contributed by atoms with Gasteiger partial charge in [0.2, 0.25) is 5.82 Å². The molecule has 3 heterocycles. The van der Waals surface area contributed by atoms with Crippen molar-refractivity contribution in [2.45, 2.75) is 52.1 Å². The van der Waals surface area contributed by atoms with Crippen molar-refractivity contribution in [2.75, 3.05) is 33.4 Å². The van der Waals surface area contributed by atoms with Gasteiger partial charge in [-0.3, -0.25) is 9.69 Å². The summed E-state index contributed by atoms with van der Waals surface area (Å²) in [7, 11) is 1.63. The summed E-state index contributed by atoms with van der Waals surface area (Å²) in [6.45, 7) is 7.24. The highest BCUT2D eigenvalue weighted by Crippen LogP contribution is 2.41. The largest absolute Gasteiger partial charge is 0.383 e. The smallest absolute Gasteiger partial charge is 0.289 e. The molecule has 1 aromatic carbocycles. The molecule has 0 atom stereocenters. The highest BCUT2D eigenvalue weighted by atomic mass is 16.5. The van der Waals surface area contributed by atoms with E-state index >= 15 is 0 Å². The van der Waals surface area contributed by atoms with Crippen LogP contribution in [0.15, 0.2) is 24.3 Å². The lowest BCUT2D eigenvalue weighted by atomic mass is 9.73. The fraction of sp³-hybridized carbons (Fsp3) is 0.609. The van der Waals surface area contributed by atoms with Crippen molar-refractivity contribution in [1.82, 2.24) is 25.0 Å². The Kier molecular flexibility index (Phi) is 6.49. The van der Waals surface area contributed by atoms with Gasteiger partial charge in [-0.15, -0.1) is 10.2 Å². The summed E-state index contributed by atoms with van der Waals surface area (Å²) in [4.78, 5) is 15.1. The first kappa shape index (κ1) is 21.0. The van der Waals surface area contributed by atoms with E-state index in [-0.39, 0.29) is 11.3 Å². The summed E-state index contributed by atoms with van der Waals surface area (Å²) in [6, 6.07) is 9.02. The molecule has 1 amide bonds. The molecule has 1 aromatic heterocycles. The van der Waals surface area contributed by atoms with Gasteiger partial charge < -0.3 is 14.6 Å². The number of piperidine rings is 1. The Morgan fingerprint density at radius 3 is 2.57 bits per heavy atom. The minimum Gasteiger partial charge on any atom is -0.383 e. The Bertz CT molecular complexity index is 853.